The lowest BCUT2D eigenvalue weighted by Gasteiger charge is -2.17. The number of hydrogen-bond acceptors (Lipinski definition) is 6. The van der Waals surface area contributed by atoms with Crippen LogP contribution in [-0.2, 0) is 20.7 Å². The van der Waals surface area contributed by atoms with Crippen molar-refractivity contribution in [1.82, 2.24) is 4.90 Å². The second-order valence-electron chi connectivity index (χ2n) is 6.89. The van der Waals surface area contributed by atoms with Gasteiger partial charge in [-0.1, -0.05) is 36.4 Å². The van der Waals surface area contributed by atoms with Crippen LogP contribution in [0.2, 0.25) is 0 Å². The van der Waals surface area contributed by atoms with E-state index in [1.165, 1.54) is 37.3 Å². The van der Waals surface area contributed by atoms with Gasteiger partial charge in [-0.05, 0) is 36.6 Å². The minimum atomic E-state index is -0.637. The molecule has 1 aliphatic rings. The van der Waals surface area contributed by atoms with Crippen LogP contribution < -0.4 is 4.74 Å². The number of benzene rings is 2. The van der Waals surface area contributed by atoms with E-state index in [-0.39, 0.29) is 28.5 Å². The van der Waals surface area contributed by atoms with Crippen molar-refractivity contribution in [2.24, 2.45) is 0 Å². The van der Waals surface area contributed by atoms with Crippen LogP contribution in [0.4, 0.5) is 5.69 Å². The van der Waals surface area contributed by atoms with E-state index >= 15 is 0 Å². The lowest BCUT2D eigenvalue weighted by atomic mass is 10.0. The number of methoxy groups -OCH3 is 2. The SMILES string of the molecule is COC(=O)C1=C(C)N(CCc2ccccc2)C(=O)/C1=C\c1ccc(OC)c([N+](=O)[O-])c1. The summed E-state index contributed by atoms with van der Waals surface area (Å²) in [5.74, 6) is -0.885. The Hall–Kier alpha value is -3.94. The van der Waals surface area contributed by atoms with Crippen molar-refractivity contribution in [2.45, 2.75) is 13.3 Å². The normalized spacial score (nSPS) is 14.9. The van der Waals surface area contributed by atoms with Gasteiger partial charge in [0.1, 0.15) is 0 Å². The highest BCUT2D eigenvalue weighted by Gasteiger charge is 2.36. The summed E-state index contributed by atoms with van der Waals surface area (Å²) in [6, 6.07) is 14.0. The van der Waals surface area contributed by atoms with Crippen LogP contribution in [0.15, 0.2) is 65.4 Å². The van der Waals surface area contributed by atoms with E-state index in [9.17, 15) is 19.7 Å². The van der Waals surface area contributed by atoms with Gasteiger partial charge in [-0.15, -0.1) is 0 Å². The number of hydrogen-bond donors (Lipinski definition) is 0. The fourth-order valence-electron chi connectivity index (χ4n) is 3.49. The number of carbonyl (C=O) groups excluding carboxylic acids is 2. The molecule has 2 aromatic carbocycles. The summed E-state index contributed by atoms with van der Waals surface area (Å²) in [7, 11) is 2.59. The average molecular weight is 422 g/mol. The number of nitro benzene ring substituents is 1. The minimum Gasteiger partial charge on any atom is -0.490 e. The van der Waals surface area contributed by atoms with E-state index in [0.29, 0.717) is 24.2 Å². The molecule has 160 valence electrons. The Labute approximate surface area is 179 Å². The summed E-state index contributed by atoms with van der Waals surface area (Å²) in [6.07, 6.45) is 2.08. The molecule has 0 aromatic heterocycles. The molecule has 0 bridgehead atoms. The first-order chi connectivity index (χ1) is 14.9. The molecule has 0 aliphatic carbocycles. The smallest absolute Gasteiger partial charge is 0.340 e. The number of esters is 1. The first-order valence-electron chi connectivity index (χ1n) is 9.56. The number of allylic oxidation sites excluding steroid dienone is 1. The standard InChI is InChI=1S/C23H22N2O6/c1-15-21(23(27)31-3)18(13-17-9-10-20(30-2)19(14-17)25(28)29)22(26)24(15)12-11-16-7-5-4-6-8-16/h4-10,13-14H,11-12H2,1-3H3/b18-13-. The predicted octanol–water partition coefficient (Wildman–Crippen LogP) is 3.52. The van der Waals surface area contributed by atoms with E-state index in [1.54, 1.807) is 13.0 Å². The van der Waals surface area contributed by atoms with Gasteiger partial charge in [0.05, 0.1) is 30.3 Å². The van der Waals surface area contributed by atoms with Gasteiger partial charge in [0.2, 0.25) is 0 Å². The van der Waals surface area contributed by atoms with E-state index < -0.39 is 10.9 Å². The van der Waals surface area contributed by atoms with Crippen molar-refractivity contribution < 1.29 is 24.0 Å². The fourth-order valence-corrected chi connectivity index (χ4v) is 3.49. The van der Waals surface area contributed by atoms with E-state index in [4.69, 9.17) is 9.47 Å². The Kier molecular flexibility index (Phi) is 6.49. The van der Waals surface area contributed by atoms with Crippen molar-refractivity contribution in [1.29, 1.82) is 0 Å². The number of amides is 1. The van der Waals surface area contributed by atoms with Crippen molar-refractivity contribution in [3.63, 3.8) is 0 Å². The molecule has 0 unspecified atom stereocenters. The Morgan fingerprint density at radius 3 is 2.48 bits per heavy atom. The summed E-state index contributed by atoms with van der Waals surface area (Å²) in [5, 5.41) is 11.3. The lowest BCUT2D eigenvalue weighted by Crippen LogP contribution is -2.27. The summed E-state index contributed by atoms with van der Waals surface area (Å²) >= 11 is 0. The monoisotopic (exact) mass is 422 g/mol. The van der Waals surface area contributed by atoms with Gasteiger partial charge in [0, 0.05) is 18.3 Å². The summed E-state index contributed by atoms with van der Waals surface area (Å²) in [5.41, 5.74) is 2.00. The van der Waals surface area contributed by atoms with Crippen molar-refractivity contribution in [3.8, 4) is 5.75 Å². The molecule has 0 fully saturated rings. The van der Waals surface area contributed by atoms with Gasteiger partial charge in [-0.2, -0.15) is 0 Å². The van der Waals surface area contributed by atoms with Gasteiger partial charge in [-0.3, -0.25) is 14.9 Å². The molecule has 3 rings (SSSR count). The van der Waals surface area contributed by atoms with Crippen LogP contribution >= 0.6 is 0 Å². The Bertz CT molecular complexity index is 1090. The number of nitrogens with zero attached hydrogens (tertiary/aromatic N) is 2. The van der Waals surface area contributed by atoms with Crippen molar-refractivity contribution in [3.05, 3.63) is 86.6 Å². The van der Waals surface area contributed by atoms with Crippen LogP contribution in [0.25, 0.3) is 6.08 Å². The Morgan fingerprint density at radius 1 is 1.16 bits per heavy atom. The molecule has 1 amide bonds. The van der Waals surface area contributed by atoms with Gasteiger partial charge >= 0.3 is 11.7 Å². The van der Waals surface area contributed by atoms with Crippen molar-refractivity contribution >= 4 is 23.6 Å². The van der Waals surface area contributed by atoms with Crippen LogP contribution in [0.5, 0.6) is 5.75 Å². The van der Waals surface area contributed by atoms with Crippen molar-refractivity contribution in [2.75, 3.05) is 20.8 Å². The van der Waals surface area contributed by atoms with E-state index in [1.807, 2.05) is 30.3 Å². The largest absolute Gasteiger partial charge is 0.490 e. The molecule has 0 radical (unpaired) electrons. The first kappa shape index (κ1) is 21.8. The zero-order valence-electron chi connectivity index (χ0n) is 17.5. The maximum absolute atomic E-state index is 13.2. The molecule has 1 aliphatic heterocycles. The molecule has 0 spiro atoms. The second-order valence-corrected chi connectivity index (χ2v) is 6.89. The maximum Gasteiger partial charge on any atom is 0.340 e. The Morgan fingerprint density at radius 2 is 1.87 bits per heavy atom. The molecule has 2 aromatic rings. The summed E-state index contributed by atoms with van der Waals surface area (Å²) < 4.78 is 9.90. The zero-order chi connectivity index (χ0) is 22.5. The Balaban J connectivity index is 1.98. The van der Waals surface area contributed by atoms with Crippen LogP contribution in [0, 0.1) is 10.1 Å². The second kappa shape index (κ2) is 9.25. The van der Waals surface area contributed by atoms with Gasteiger partial charge < -0.3 is 14.4 Å². The molecule has 31 heavy (non-hydrogen) atoms. The average Bonchev–Trinajstić information content (AvgIpc) is 3.01. The topological polar surface area (TPSA) is 99.0 Å². The highest BCUT2D eigenvalue weighted by Crippen LogP contribution is 2.34. The minimum absolute atomic E-state index is 0.106. The molecular weight excluding hydrogens is 400 g/mol. The van der Waals surface area contributed by atoms with Crippen LogP contribution in [0.1, 0.15) is 18.1 Å². The quantitative estimate of drug-likeness (QED) is 0.293. The number of ether oxygens (including phenoxy) is 2. The fraction of sp³-hybridized carbons (Fsp3) is 0.217. The molecule has 0 N–H and O–H groups in total. The highest BCUT2D eigenvalue weighted by molar-refractivity contribution is 6.16. The predicted molar refractivity (Wildman–Crippen MR) is 114 cm³/mol. The first-order valence-corrected chi connectivity index (χ1v) is 9.56. The summed E-state index contributed by atoms with van der Waals surface area (Å²) in [6.45, 7) is 2.07. The molecule has 0 saturated carbocycles. The lowest BCUT2D eigenvalue weighted by molar-refractivity contribution is -0.385. The molecule has 0 atom stereocenters. The molecule has 8 nitrogen and oxygen atoms in total. The van der Waals surface area contributed by atoms with Crippen LogP contribution in [-0.4, -0.2) is 42.5 Å². The molecular formula is C23H22N2O6. The number of carbonyl (C=O) groups is 2. The molecule has 1 heterocycles. The molecule has 0 saturated heterocycles. The number of rotatable bonds is 7. The highest BCUT2D eigenvalue weighted by atomic mass is 16.6. The third kappa shape index (κ3) is 4.48. The third-order valence-corrected chi connectivity index (χ3v) is 5.08. The van der Waals surface area contributed by atoms with Gasteiger partial charge in [-0.25, -0.2) is 4.79 Å². The van der Waals surface area contributed by atoms with Gasteiger partial charge in [0.15, 0.2) is 5.75 Å². The van der Waals surface area contributed by atoms with Crippen LogP contribution in [0.3, 0.4) is 0 Å². The zero-order valence-corrected chi connectivity index (χ0v) is 17.5. The maximum atomic E-state index is 13.2. The van der Waals surface area contributed by atoms with E-state index in [2.05, 4.69) is 0 Å². The molecule has 8 heteroatoms. The number of nitro groups is 1. The summed E-state index contributed by atoms with van der Waals surface area (Å²) in [4.78, 5) is 37.9. The van der Waals surface area contributed by atoms with E-state index in [0.717, 1.165) is 5.56 Å². The van der Waals surface area contributed by atoms with Gasteiger partial charge in [0.25, 0.3) is 5.91 Å². The third-order valence-electron chi connectivity index (χ3n) is 5.08.